The number of piperazine rings is 1. The van der Waals surface area contributed by atoms with Gasteiger partial charge in [-0.15, -0.1) is 0 Å². The maximum atomic E-state index is 13.3. The number of halogens is 2. The van der Waals surface area contributed by atoms with Crippen LogP contribution in [0.1, 0.15) is 5.56 Å². The van der Waals surface area contributed by atoms with Crippen molar-refractivity contribution >= 4 is 27.5 Å². The molecule has 0 spiro atoms. The lowest BCUT2D eigenvalue weighted by molar-refractivity contribution is -0.122. The fraction of sp³-hybridized carbons (Fsp3) is 0.316. The van der Waals surface area contributed by atoms with Crippen molar-refractivity contribution in [2.45, 2.75) is 11.4 Å². The van der Waals surface area contributed by atoms with E-state index >= 15 is 0 Å². The van der Waals surface area contributed by atoms with Crippen LogP contribution in [0.5, 0.6) is 0 Å². The fourth-order valence-electron chi connectivity index (χ4n) is 3.01. The SMILES string of the molecule is O=C(CN1CCN(S(=O)(=O)c2cccc(F)c2)CC1)NCc1cccc(Cl)c1. The molecule has 1 saturated heterocycles. The van der Waals surface area contributed by atoms with Crippen LogP contribution in [0.4, 0.5) is 4.39 Å². The van der Waals surface area contributed by atoms with E-state index in [0.29, 0.717) is 24.7 Å². The molecule has 1 heterocycles. The van der Waals surface area contributed by atoms with E-state index in [1.807, 2.05) is 17.0 Å². The molecule has 3 rings (SSSR count). The van der Waals surface area contributed by atoms with Gasteiger partial charge in [0.15, 0.2) is 0 Å². The summed E-state index contributed by atoms with van der Waals surface area (Å²) >= 11 is 5.92. The number of sulfonamides is 1. The van der Waals surface area contributed by atoms with Gasteiger partial charge in [-0.1, -0.05) is 29.8 Å². The lowest BCUT2D eigenvalue weighted by Crippen LogP contribution is -2.50. The molecule has 1 amide bonds. The number of rotatable bonds is 6. The standard InChI is InChI=1S/C19H21ClFN3O3S/c20-16-4-1-3-15(11-16)13-22-19(25)14-23-7-9-24(10-8-23)28(26,27)18-6-2-5-17(21)12-18/h1-6,11-12H,7-10,13-14H2,(H,22,25). The van der Waals surface area contributed by atoms with Crippen LogP contribution in [0.3, 0.4) is 0 Å². The van der Waals surface area contributed by atoms with Gasteiger partial charge in [0, 0.05) is 37.7 Å². The zero-order chi connectivity index (χ0) is 20.1. The number of hydrogen-bond acceptors (Lipinski definition) is 4. The maximum Gasteiger partial charge on any atom is 0.243 e. The molecule has 0 atom stereocenters. The molecule has 9 heteroatoms. The molecule has 150 valence electrons. The molecule has 28 heavy (non-hydrogen) atoms. The van der Waals surface area contributed by atoms with Crippen molar-refractivity contribution in [3.05, 3.63) is 64.9 Å². The second-order valence-electron chi connectivity index (χ2n) is 6.54. The first-order valence-corrected chi connectivity index (χ1v) is 10.7. The number of amides is 1. The minimum Gasteiger partial charge on any atom is -0.351 e. The molecule has 2 aromatic rings. The second kappa shape index (κ2) is 9.00. The summed E-state index contributed by atoms with van der Waals surface area (Å²) in [6.07, 6.45) is 0. The predicted molar refractivity (Wildman–Crippen MR) is 105 cm³/mol. The summed E-state index contributed by atoms with van der Waals surface area (Å²) in [4.78, 5) is 14.0. The summed E-state index contributed by atoms with van der Waals surface area (Å²) < 4.78 is 39.9. The smallest absolute Gasteiger partial charge is 0.243 e. The van der Waals surface area contributed by atoms with Gasteiger partial charge in [-0.05, 0) is 35.9 Å². The Morgan fingerprint density at radius 1 is 1.07 bits per heavy atom. The number of benzene rings is 2. The largest absolute Gasteiger partial charge is 0.351 e. The molecule has 0 unspecified atom stereocenters. The zero-order valence-corrected chi connectivity index (χ0v) is 16.7. The molecule has 1 aliphatic heterocycles. The molecular formula is C19H21ClFN3O3S. The van der Waals surface area contributed by atoms with Gasteiger partial charge in [0.25, 0.3) is 0 Å². The monoisotopic (exact) mass is 425 g/mol. The normalized spacial score (nSPS) is 16.1. The number of nitrogens with zero attached hydrogens (tertiary/aromatic N) is 2. The van der Waals surface area contributed by atoms with Crippen LogP contribution in [-0.2, 0) is 21.4 Å². The third kappa shape index (κ3) is 5.29. The Bertz CT molecular complexity index is 947. The molecule has 2 aromatic carbocycles. The van der Waals surface area contributed by atoms with Crippen molar-refractivity contribution in [1.29, 1.82) is 0 Å². The summed E-state index contributed by atoms with van der Waals surface area (Å²) in [5.74, 6) is -0.725. The van der Waals surface area contributed by atoms with Crippen molar-refractivity contribution in [2.24, 2.45) is 0 Å². The van der Waals surface area contributed by atoms with Crippen LogP contribution in [-0.4, -0.2) is 56.3 Å². The first-order chi connectivity index (χ1) is 13.3. The fourth-order valence-corrected chi connectivity index (χ4v) is 4.68. The van der Waals surface area contributed by atoms with Gasteiger partial charge in [-0.3, -0.25) is 9.69 Å². The molecule has 0 radical (unpaired) electrons. The average Bonchev–Trinajstić information content (AvgIpc) is 2.67. The van der Waals surface area contributed by atoms with E-state index in [4.69, 9.17) is 11.6 Å². The van der Waals surface area contributed by atoms with Gasteiger partial charge >= 0.3 is 0 Å². The van der Waals surface area contributed by atoms with Crippen LogP contribution in [0.15, 0.2) is 53.4 Å². The van der Waals surface area contributed by atoms with Crippen LogP contribution in [0.25, 0.3) is 0 Å². The topological polar surface area (TPSA) is 69.7 Å². The first-order valence-electron chi connectivity index (χ1n) is 8.84. The van der Waals surface area contributed by atoms with Crippen molar-refractivity contribution < 1.29 is 17.6 Å². The van der Waals surface area contributed by atoms with E-state index in [1.54, 1.807) is 12.1 Å². The Balaban J connectivity index is 1.49. The van der Waals surface area contributed by atoms with E-state index in [9.17, 15) is 17.6 Å². The predicted octanol–water partition coefficient (Wildman–Crippen LogP) is 2.10. The zero-order valence-electron chi connectivity index (χ0n) is 15.1. The highest BCUT2D eigenvalue weighted by molar-refractivity contribution is 7.89. The number of hydrogen-bond donors (Lipinski definition) is 1. The number of carbonyl (C=O) groups is 1. The van der Waals surface area contributed by atoms with Gasteiger partial charge in [-0.25, -0.2) is 12.8 Å². The molecule has 6 nitrogen and oxygen atoms in total. The summed E-state index contributed by atoms with van der Waals surface area (Å²) in [5, 5.41) is 3.45. The molecule has 0 saturated carbocycles. The highest BCUT2D eigenvalue weighted by Gasteiger charge is 2.29. The molecule has 1 N–H and O–H groups in total. The van der Waals surface area contributed by atoms with Crippen molar-refractivity contribution in [1.82, 2.24) is 14.5 Å². The third-order valence-corrected chi connectivity index (χ3v) is 6.64. The number of nitrogens with one attached hydrogen (secondary N) is 1. The van der Waals surface area contributed by atoms with Crippen LogP contribution >= 0.6 is 11.6 Å². The molecule has 0 aliphatic carbocycles. The van der Waals surface area contributed by atoms with E-state index in [1.165, 1.54) is 22.5 Å². The Hall–Kier alpha value is -2.00. The van der Waals surface area contributed by atoms with Gasteiger partial charge in [0.05, 0.1) is 11.4 Å². The van der Waals surface area contributed by atoms with E-state index in [2.05, 4.69) is 5.32 Å². The lowest BCUT2D eigenvalue weighted by atomic mass is 10.2. The number of carbonyl (C=O) groups excluding carboxylic acids is 1. The highest BCUT2D eigenvalue weighted by atomic mass is 35.5. The molecule has 1 fully saturated rings. The van der Waals surface area contributed by atoms with E-state index in [0.717, 1.165) is 11.6 Å². The average molecular weight is 426 g/mol. The van der Waals surface area contributed by atoms with Gasteiger partial charge in [-0.2, -0.15) is 4.31 Å². The van der Waals surface area contributed by atoms with Crippen molar-refractivity contribution in [3.8, 4) is 0 Å². The third-order valence-electron chi connectivity index (χ3n) is 4.51. The molecule has 0 aromatic heterocycles. The summed E-state index contributed by atoms with van der Waals surface area (Å²) in [7, 11) is -3.73. The lowest BCUT2D eigenvalue weighted by Gasteiger charge is -2.33. The van der Waals surface area contributed by atoms with Crippen LogP contribution in [0, 0.1) is 5.82 Å². The van der Waals surface area contributed by atoms with E-state index < -0.39 is 15.8 Å². The first kappa shape index (κ1) is 20.7. The molecule has 1 aliphatic rings. The summed E-state index contributed by atoms with van der Waals surface area (Å²) in [6, 6.07) is 12.2. The molecular weight excluding hydrogens is 405 g/mol. The maximum absolute atomic E-state index is 13.3. The van der Waals surface area contributed by atoms with Crippen LogP contribution < -0.4 is 5.32 Å². The quantitative estimate of drug-likeness (QED) is 0.769. The molecule has 0 bridgehead atoms. The summed E-state index contributed by atoms with van der Waals surface area (Å²) in [6.45, 7) is 1.93. The van der Waals surface area contributed by atoms with Crippen molar-refractivity contribution in [2.75, 3.05) is 32.7 Å². The Morgan fingerprint density at radius 3 is 2.46 bits per heavy atom. The minimum atomic E-state index is -3.73. The minimum absolute atomic E-state index is 0.0554. The van der Waals surface area contributed by atoms with Gasteiger partial charge in [0.2, 0.25) is 15.9 Å². The Kier molecular flexibility index (Phi) is 6.66. The Morgan fingerprint density at radius 2 is 1.79 bits per heavy atom. The summed E-state index contributed by atoms with van der Waals surface area (Å²) in [5.41, 5.74) is 0.909. The van der Waals surface area contributed by atoms with Crippen LogP contribution in [0.2, 0.25) is 5.02 Å². The highest BCUT2D eigenvalue weighted by Crippen LogP contribution is 2.18. The van der Waals surface area contributed by atoms with Crippen molar-refractivity contribution in [3.63, 3.8) is 0 Å². The van der Waals surface area contributed by atoms with E-state index in [-0.39, 0.29) is 30.4 Å². The second-order valence-corrected chi connectivity index (χ2v) is 8.92. The van der Waals surface area contributed by atoms with Gasteiger partial charge < -0.3 is 5.32 Å². The van der Waals surface area contributed by atoms with Gasteiger partial charge in [0.1, 0.15) is 5.82 Å². The Labute approximate surface area is 168 Å².